The number of rotatable bonds is 3. The Morgan fingerprint density at radius 3 is 1.64 bits per heavy atom. The molecule has 154 valence electrons. The Labute approximate surface area is 156 Å². The van der Waals surface area contributed by atoms with Gasteiger partial charge in [0.05, 0.1) is 11.1 Å². The fraction of sp³-hybridized carbons (Fsp3) is 0.278. The Bertz CT molecular complexity index is 756. The molecule has 0 bridgehead atoms. The summed E-state index contributed by atoms with van der Waals surface area (Å²) < 4.78 is 74.3. The van der Waals surface area contributed by atoms with Crippen LogP contribution in [0.25, 0.3) is 0 Å². The van der Waals surface area contributed by atoms with Gasteiger partial charge in [-0.05, 0) is 36.2 Å². The SMILES string of the molecule is C[C@@H](N)c1cc(C(F)(F)F)cc(C(F)(F)F)c1.O=C(O)[C@@H](O)c1ccccc1. The minimum atomic E-state index is -4.83. The quantitative estimate of drug-likeness (QED) is 0.650. The molecule has 0 saturated carbocycles. The summed E-state index contributed by atoms with van der Waals surface area (Å²) in [5.74, 6) is -1.23. The fourth-order valence-electron chi connectivity index (χ4n) is 2.02. The highest BCUT2D eigenvalue weighted by atomic mass is 19.4. The summed E-state index contributed by atoms with van der Waals surface area (Å²) in [6.07, 6.45) is -11.1. The maximum absolute atomic E-state index is 12.4. The number of benzene rings is 2. The van der Waals surface area contributed by atoms with E-state index in [1.807, 2.05) is 0 Å². The van der Waals surface area contributed by atoms with Gasteiger partial charge in [-0.25, -0.2) is 4.79 Å². The van der Waals surface area contributed by atoms with Crippen molar-refractivity contribution in [2.75, 3.05) is 0 Å². The van der Waals surface area contributed by atoms with Gasteiger partial charge in [0.15, 0.2) is 6.10 Å². The first-order chi connectivity index (χ1) is 12.7. The van der Waals surface area contributed by atoms with Crippen molar-refractivity contribution < 1.29 is 41.4 Å². The molecular weight excluding hydrogens is 392 g/mol. The van der Waals surface area contributed by atoms with E-state index in [1.165, 1.54) is 6.92 Å². The summed E-state index contributed by atoms with van der Waals surface area (Å²) >= 11 is 0. The van der Waals surface area contributed by atoms with Gasteiger partial charge >= 0.3 is 18.3 Å². The largest absolute Gasteiger partial charge is 0.479 e. The number of aliphatic hydroxyl groups excluding tert-OH is 1. The molecule has 2 atom stereocenters. The molecule has 28 heavy (non-hydrogen) atoms. The molecule has 4 nitrogen and oxygen atoms in total. The van der Waals surface area contributed by atoms with Crippen molar-refractivity contribution in [2.24, 2.45) is 5.73 Å². The maximum Gasteiger partial charge on any atom is 0.416 e. The van der Waals surface area contributed by atoms with Gasteiger partial charge in [-0.15, -0.1) is 0 Å². The zero-order valence-electron chi connectivity index (χ0n) is 14.4. The van der Waals surface area contributed by atoms with E-state index in [0.29, 0.717) is 17.7 Å². The van der Waals surface area contributed by atoms with E-state index in [2.05, 4.69) is 0 Å². The molecule has 2 rings (SSSR count). The predicted octanol–water partition coefficient (Wildman–Crippen LogP) is 4.55. The van der Waals surface area contributed by atoms with Gasteiger partial charge in [-0.1, -0.05) is 30.3 Å². The first kappa shape index (κ1) is 23.4. The van der Waals surface area contributed by atoms with E-state index in [0.717, 1.165) is 0 Å². The van der Waals surface area contributed by atoms with E-state index < -0.39 is 41.6 Å². The van der Waals surface area contributed by atoms with Crippen molar-refractivity contribution in [1.82, 2.24) is 0 Å². The molecule has 0 aliphatic rings. The number of aliphatic hydroxyl groups is 1. The Morgan fingerprint density at radius 2 is 1.32 bits per heavy atom. The second-order valence-corrected chi connectivity index (χ2v) is 5.78. The van der Waals surface area contributed by atoms with Gasteiger partial charge in [-0.2, -0.15) is 26.3 Å². The van der Waals surface area contributed by atoms with Crippen LogP contribution in [0, 0.1) is 0 Å². The van der Waals surface area contributed by atoms with Crippen molar-refractivity contribution in [3.8, 4) is 0 Å². The lowest BCUT2D eigenvalue weighted by Gasteiger charge is -2.15. The lowest BCUT2D eigenvalue weighted by atomic mass is 10.0. The molecule has 2 aromatic rings. The molecule has 10 heteroatoms. The molecule has 0 spiro atoms. The first-order valence-corrected chi connectivity index (χ1v) is 7.74. The molecule has 0 fully saturated rings. The Morgan fingerprint density at radius 1 is 0.893 bits per heavy atom. The van der Waals surface area contributed by atoms with Crippen LogP contribution in [0.15, 0.2) is 48.5 Å². The third-order valence-corrected chi connectivity index (χ3v) is 3.49. The van der Waals surface area contributed by atoms with Crippen LogP contribution in [0.1, 0.15) is 41.3 Å². The molecule has 0 radical (unpaired) electrons. The fourth-order valence-corrected chi connectivity index (χ4v) is 2.02. The van der Waals surface area contributed by atoms with E-state index in [9.17, 15) is 31.1 Å². The Hall–Kier alpha value is -2.59. The number of alkyl halides is 6. The Kier molecular flexibility index (Phi) is 7.59. The first-order valence-electron chi connectivity index (χ1n) is 7.74. The average Bonchev–Trinajstić information content (AvgIpc) is 2.60. The maximum atomic E-state index is 12.4. The van der Waals surface area contributed by atoms with Crippen LogP contribution < -0.4 is 5.73 Å². The van der Waals surface area contributed by atoms with Gasteiger partial charge in [0.2, 0.25) is 0 Å². The van der Waals surface area contributed by atoms with Crippen molar-refractivity contribution >= 4 is 5.97 Å². The van der Waals surface area contributed by atoms with E-state index in [4.69, 9.17) is 15.9 Å². The third kappa shape index (κ3) is 6.86. The highest BCUT2D eigenvalue weighted by Crippen LogP contribution is 2.37. The van der Waals surface area contributed by atoms with Crippen LogP contribution in [0.3, 0.4) is 0 Å². The van der Waals surface area contributed by atoms with E-state index in [-0.39, 0.29) is 11.6 Å². The van der Waals surface area contributed by atoms with Crippen LogP contribution in [0.5, 0.6) is 0 Å². The van der Waals surface area contributed by atoms with E-state index >= 15 is 0 Å². The highest BCUT2D eigenvalue weighted by molar-refractivity contribution is 5.73. The molecular formula is C18H17F6NO3. The number of nitrogens with two attached hydrogens (primary N) is 1. The molecule has 0 saturated heterocycles. The van der Waals surface area contributed by atoms with Gasteiger partial charge in [0, 0.05) is 6.04 Å². The topological polar surface area (TPSA) is 83.6 Å². The number of carboxylic acid groups (broad SMARTS) is 1. The molecule has 0 aromatic heterocycles. The number of carbonyl (C=O) groups is 1. The second kappa shape index (κ2) is 9.07. The predicted molar refractivity (Wildman–Crippen MR) is 88.1 cm³/mol. The van der Waals surface area contributed by atoms with Gasteiger partial charge in [0.25, 0.3) is 0 Å². The number of hydrogen-bond donors (Lipinski definition) is 3. The summed E-state index contributed by atoms with van der Waals surface area (Å²) in [5, 5.41) is 17.4. The summed E-state index contributed by atoms with van der Waals surface area (Å²) in [7, 11) is 0. The lowest BCUT2D eigenvalue weighted by molar-refractivity contribution is -0.147. The normalized spacial score (nSPS) is 13.9. The van der Waals surface area contributed by atoms with Gasteiger partial charge in [0.1, 0.15) is 0 Å². The van der Waals surface area contributed by atoms with Crippen LogP contribution in [0.4, 0.5) is 26.3 Å². The highest BCUT2D eigenvalue weighted by Gasteiger charge is 2.37. The second-order valence-electron chi connectivity index (χ2n) is 5.78. The number of carboxylic acids is 1. The summed E-state index contributed by atoms with van der Waals surface area (Å²) in [6.45, 7) is 1.32. The Balaban J connectivity index is 0.000000307. The van der Waals surface area contributed by atoms with Crippen LogP contribution in [-0.4, -0.2) is 16.2 Å². The smallest absolute Gasteiger partial charge is 0.416 e. The number of hydrogen-bond acceptors (Lipinski definition) is 3. The monoisotopic (exact) mass is 409 g/mol. The molecule has 4 N–H and O–H groups in total. The van der Waals surface area contributed by atoms with Gasteiger partial charge in [-0.3, -0.25) is 0 Å². The summed E-state index contributed by atoms with van der Waals surface area (Å²) in [4.78, 5) is 10.2. The van der Waals surface area contributed by atoms with Crippen LogP contribution >= 0.6 is 0 Å². The lowest BCUT2D eigenvalue weighted by Crippen LogP contribution is -2.14. The number of aliphatic carboxylic acids is 1. The average molecular weight is 409 g/mol. The zero-order valence-corrected chi connectivity index (χ0v) is 14.4. The number of halogens is 6. The van der Waals surface area contributed by atoms with E-state index in [1.54, 1.807) is 30.3 Å². The minimum Gasteiger partial charge on any atom is -0.479 e. The van der Waals surface area contributed by atoms with Crippen molar-refractivity contribution in [1.29, 1.82) is 0 Å². The van der Waals surface area contributed by atoms with Crippen molar-refractivity contribution in [3.63, 3.8) is 0 Å². The standard InChI is InChI=1S/C10H9F6N.C8H8O3/c1-5(17)6-2-7(9(11,12)13)4-8(3-6)10(14,15)16;9-7(8(10)11)6-4-2-1-3-5-6/h2-5H,17H2,1H3;1-5,7,9H,(H,10,11)/t5-;7-/m10/s1. The molecule has 0 heterocycles. The molecule has 0 aliphatic carbocycles. The molecule has 2 aromatic carbocycles. The van der Waals surface area contributed by atoms with Crippen molar-refractivity contribution in [2.45, 2.75) is 31.4 Å². The van der Waals surface area contributed by atoms with Crippen LogP contribution in [-0.2, 0) is 17.1 Å². The van der Waals surface area contributed by atoms with Crippen LogP contribution in [0.2, 0.25) is 0 Å². The molecule has 0 aliphatic heterocycles. The molecule has 0 amide bonds. The summed E-state index contributed by atoms with van der Waals surface area (Å²) in [6, 6.07) is 8.68. The zero-order chi connectivity index (χ0) is 21.7. The summed E-state index contributed by atoms with van der Waals surface area (Å²) in [5.41, 5.74) is 2.81. The minimum absolute atomic E-state index is 0.0753. The van der Waals surface area contributed by atoms with Crippen molar-refractivity contribution in [3.05, 3.63) is 70.8 Å². The molecule has 0 unspecified atom stereocenters. The third-order valence-electron chi connectivity index (χ3n) is 3.49. The van der Waals surface area contributed by atoms with Gasteiger partial charge < -0.3 is 15.9 Å².